The van der Waals surface area contributed by atoms with Crippen molar-refractivity contribution in [1.29, 1.82) is 0 Å². The summed E-state index contributed by atoms with van der Waals surface area (Å²) in [7, 11) is 0. The highest BCUT2D eigenvalue weighted by Crippen LogP contribution is 2.40. The minimum Gasteiger partial charge on any atom is -0.486 e. The van der Waals surface area contributed by atoms with Crippen molar-refractivity contribution in [2.45, 2.75) is 31.8 Å². The van der Waals surface area contributed by atoms with Crippen molar-refractivity contribution < 1.29 is 19.1 Å². The lowest BCUT2D eigenvalue weighted by molar-refractivity contribution is -0.00857. The number of likely N-dealkylation sites (tertiary alicyclic amines) is 1. The zero-order valence-corrected chi connectivity index (χ0v) is 13.2. The lowest BCUT2D eigenvalue weighted by Gasteiger charge is -2.43. The average molecular weight is 324 g/mol. The van der Waals surface area contributed by atoms with Crippen LogP contribution in [0, 0.1) is 0 Å². The van der Waals surface area contributed by atoms with Gasteiger partial charge < -0.3 is 14.4 Å². The van der Waals surface area contributed by atoms with Crippen LogP contribution in [0.5, 0.6) is 5.75 Å². The molecule has 0 N–H and O–H groups in total. The van der Waals surface area contributed by atoms with Crippen LogP contribution < -0.4 is 4.74 Å². The quantitative estimate of drug-likeness (QED) is 0.795. The molecule has 22 heavy (non-hydrogen) atoms. The van der Waals surface area contributed by atoms with Crippen molar-refractivity contribution >= 4 is 23.5 Å². The number of hydrogen-bond donors (Lipinski definition) is 0. The number of halogens is 1. The van der Waals surface area contributed by atoms with E-state index in [4.69, 9.17) is 21.1 Å². The Labute approximate surface area is 134 Å². The van der Waals surface area contributed by atoms with Crippen LogP contribution in [0.3, 0.4) is 0 Å². The van der Waals surface area contributed by atoms with Crippen molar-refractivity contribution in [2.24, 2.45) is 0 Å². The molecule has 1 fully saturated rings. The Balaban J connectivity index is 1.74. The number of benzene rings is 1. The first-order valence-corrected chi connectivity index (χ1v) is 7.84. The topological polar surface area (TPSA) is 55.8 Å². The number of carbonyl (C=O) groups is 2. The monoisotopic (exact) mass is 323 g/mol. The third-order valence-corrected chi connectivity index (χ3v) is 4.49. The summed E-state index contributed by atoms with van der Waals surface area (Å²) in [5.41, 5.74) is 0.0560. The normalized spacial score (nSPS) is 19.5. The van der Waals surface area contributed by atoms with Crippen LogP contribution in [0.1, 0.15) is 36.5 Å². The number of piperidine rings is 1. The molecule has 2 aliphatic heterocycles. The summed E-state index contributed by atoms with van der Waals surface area (Å²) in [5, 5.41) is 0.549. The number of Topliss-reactive ketones (excluding diaryl/α,β-unsaturated/α-hetero) is 1. The van der Waals surface area contributed by atoms with Gasteiger partial charge in [0.25, 0.3) is 0 Å². The zero-order valence-electron chi connectivity index (χ0n) is 12.4. The molecule has 0 aromatic heterocycles. The summed E-state index contributed by atoms with van der Waals surface area (Å²) in [6.45, 7) is 3.21. The van der Waals surface area contributed by atoms with Gasteiger partial charge in [0.05, 0.1) is 18.6 Å². The fourth-order valence-corrected chi connectivity index (χ4v) is 3.22. The van der Waals surface area contributed by atoms with Crippen molar-refractivity contribution in [3.63, 3.8) is 0 Å². The molecule has 2 heterocycles. The third-order valence-electron chi connectivity index (χ3n) is 4.25. The number of ketones is 1. The highest BCUT2D eigenvalue weighted by Gasteiger charge is 2.43. The summed E-state index contributed by atoms with van der Waals surface area (Å²) >= 11 is 5.99. The molecule has 3 rings (SSSR count). The molecule has 0 radical (unpaired) electrons. The molecular formula is C16H18ClNO4. The van der Waals surface area contributed by atoms with Gasteiger partial charge in [-0.1, -0.05) is 11.6 Å². The Morgan fingerprint density at radius 3 is 2.82 bits per heavy atom. The van der Waals surface area contributed by atoms with Gasteiger partial charge in [0.2, 0.25) is 0 Å². The van der Waals surface area contributed by atoms with Crippen LogP contribution in [-0.4, -0.2) is 42.1 Å². The standard InChI is InChI=1S/C16H18ClNO4/c1-2-21-15(20)18-7-5-16(6-8-18)10-13(19)12-4-3-11(17)9-14(12)22-16/h3-4,9H,2,5-8,10H2,1H3. The van der Waals surface area contributed by atoms with Gasteiger partial charge in [0, 0.05) is 31.0 Å². The molecule has 1 spiro atoms. The van der Waals surface area contributed by atoms with E-state index in [0.717, 1.165) is 0 Å². The molecule has 1 amide bonds. The van der Waals surface area contributed by atoms with Crippen LogP contribution in [-0.2, 0) is 4.74 Å². The molecule has 1 aromatic carbocycles. The van der Waals surface area contributed by atoms with Gasteiger partial charge in [-0.3, -0.25) is 4.79 Å². The second-order valence-electron chi connectivity index (χ2n) is 5.71. The fourth-order valence-electron chi connectivity index (χ4n) is 3.06. The van der Waals surface area contributed by atoms with E-state index in [1.165, 1.54) is 0 Å². The molecule has 1 saturated heterocycles. The Hall–Kier alpha value is -1.75. The first kappa shape index (κ1) is 15.2. The Morgan fingerprint density at radius 2 is 2.14 bits per heavy atom. The maximum absolute atomic E-state index is 12.4. The summed E-state index contributed by atoms with van der Waals surface area (Å²) in [4.78, 5) is 25.8. The maximum atomic E-state index is 12.4. The molecule has 118 valence electrons. The minimum atomic E-state index is -0.530. The summed E-state index contributed by atoms with van der Waals surface area (Å²) in [5.74, 6) is 0.621. The Kier molecular flexibility index (Phi) is 4.00. The van der Waals surface area contributed by atoms with Crippen molar-refractivity contribution in [2.75, 3.05) is 19.7 Å². The van der Waals surface area contributed by atoms with Gasteiger partial charge in [-0.15, -0.1) is 0 Å². The van der Waals surface area contributed by atoms with Crippen LogP contribution in [0.2, 0.25) is 5.02 Å². The van der Waals surface area contributed by atoms with E-state index in [1.54, 1.807) is 30.0 Å². The summed E-state index contributed by atoms with van der Waals surface area (Å²) in [6.07, 6.45) is 1.27. The highest BCUT2D eigenvalue weighted by atomic mass is 35.5. The molecule has 0 aliphatic carbocycles. The van der Waals surface area contributed by atoms with Crippen molar-refractivity contribution in [1.82, 2.24) is 4.90 Å². The summed E-state index contributed by atoms with van der Waals surface area (Å²) in [6, 6.07) is 5.09. The molecule has 1 aromatic rings. The van der Waals surface area contributed by atoms with Crippen LogP contribution in [0.4, 0.5) is 4.79 Å². The third kappa shape index (κ3) is 2.77. The predicted molar refractivity (Wildman–Crippen MR) is 81.6 cm³/mol. The van der Waals surface area contributed by atoms with E-state index in [9.17, 15) is 9.59 Å². The van der Waals surface area contributed by atoms with E-state index < -0.39 is 5.60 Å². The van der Waals surface area contributed by atoms with Crippen LogP contribution in [0.25, 0.3) is 0 Å². The highest BCUT2D eigenvalue weighted by molar-refractivity contribution is 6.30. The molecule has 0 atom stereocenters. The van der Waals surface area contributed by atoms with Crippen molar-refractivity contribution in [3.05, 3.63) is 28.8 Å². The van der Waals surface area contributed by atoms with E-state index in [1.807, 2.05) is 0 Å². The number of fused-ring (bicyclic) bond motifs is 1. The zero-order chi connectivity index (χ0) is 15.7. The largest absolute Gasteiger partial charge is 0.486 e. The van der Waals surface area contributed by atoms with E-state index in [-0.39, 0.29) is 11.9 Å². The van der Waals surface area contributed by atoms with E-state index in [0.29, 0.717) is 55.3 Å². The van der Waals surface area contributed by atoms with Crippen LogP contribution in [0.15, 0.2) is 18.2 Å². The van der Waals surface area contributed by atoms with Gasteiger partial charge >= 0.3 is 6.09 Å². The number of rotatable bonds is 1. The average Bonchev–Trinajstić information content (AvgIpc) is 2.47. The van der Waals surface area contributed by atoms with Gasteiger partial charge in [-0.05, 0) is 25.1 Å². The number of carbonyl (C=O) groups excluding carboxylic acids is 2. The molecule has 0 saturated carbocycles. The SMILES string of the molecule is CCOC(=O)N1CCC2(CC1)CC(=O)c1ccc(Cl)cc1O2. The van der Waals surface area contributed by atoms with Crippen molar-refractivity contribution in [3.8, 4) is 5.75 Å². The number of amides is 1. The smallest absolute Gasteiger partial charge is 0.409 e. The number of ether oxygens (including phenoxy) is 2. The molecule has 0 bridgehead atoms. The Bertz CT molecular complexity index is 608. The van der Waals surface area contributed by atoms with Gasteiger partial charge in [0.15, 0.2) is 5.78 Å². The van der Waals surface area contributed by atoms with E-state index in [2.05, 4.69) is 0 Å². The minimum absolute atomic E-state index is 0.0718. The number of hydrogen-bond acceptors (Lipinski definition) is 4. The van der Waals surface area contributed by atoms with Crippen LogP contribution >= 0.6 is 11.6 Å². The van der Waals surface area contributed by atoms with E-state index >= 15 is 0 Å². The second kappa shape index (κ2) is 5.80. The second-order valence-corrected chi connectivity index (χ2v) is 6.15. The number of nitrogens with zero attached hydrogens (tertiary/aromatic N) is 1. The first-order chi connectivity index (χ1) is 10.5. The maximum Gasteiger partial charge on any atom is 0.409 e. The lowest BCUT2D eigenvalue weighted by Crippen LogP contribution is -2.52. The fraction of sp³-hybridized carbons (Fsp3) is 0.500. The van der Waals surface area contributed by atoms with Gasteiger partial charge in [-0.2, -0.15) is 0 Å². The predicted octanol–water partition coefficient (Wildman–Crippen LogP) is 3.30. The molecule has 0 unspecified atom stereocenters. The first-order valence-electron chi connectivity index (χ1n) is 7.46. The van der Waals surface area contributed by atoms with Gasteiger partial charge in [0.1, 0.15) is 11.4 Å². The molecular weight excluding hydrogens is 306 g/mol. The summed E-state index contributed by atoms with van der Waals surface area (Å²) < 4.78 is 11.1. The lowest BCUT2D eigenvalue weighted by atomic mass is 9.82. The van der Waals surface area contributed by atoms with Gasteiger partial charge in [-0.25, -0.2) is 4.79 Å². The molecule has 5 nitrogen and oxygen atoms in total. The molecule has 6 heteroatoms. The molecule has 2 aliphatic rings. The Morgan fingerprint density at radius 1 is 1.41 bits per heavy atom.